The molecule has 2 aliphatic heterocycles. The predicted octanol–water partition coefficient (Wildman–Crippen LogP) is 5.14. The van der Waals surface area contributed by atoms with Gasteiger partial charge in [-0.2, -0.15) is 0 Å². The average Bonchev–Trinajstić information content (AvgIpc) is 3.42. The summed E-state index contributed by atoms with van der Waals surface area (Å²) in [5, 5.41) is 4.13. The number of benzene rings is 2. The largest absolute Gasteiger partial charge is 0.371 e. The first-order valence-electron chi connectivity index (χ1n) is 11.2. The first-order valence-corrected chi connectivity index (χ1v) is 11.2. The van der Waals surface area contributed by atoms with E-state index in [1.807, 2.05) is 35.4 Å². The third-order valence-corrected chi connectivity index (χ3v) is 7.47. The molecule has 5 nitrogen and oxygen atoms in total. The lowest BCUT2D eigenvalue weighted by atomic mass is 9.92. The molecule has 2 N–H and O–H groups in total. The first-order chi connectivity index (χ1) is 14.7. The van der Waals surface area contributed by atoms with Gasteiger partial charge in [-0.25, -0.2) is 4.79 Å². The number of aromatic amines is 1. The Morgan fingerprint density at radius 3 is 2.63 bits per heavy atom. The molecule has 0 atom stereocenters. The van der Waals surface area contributed by atoms with Gasteiger partial charge in [0.2, 0.25) is 0 Å². The van der Waals surface area contributed by atoms with Gasteiger partial charge in [0, 0.05) is 49.0 Å². The average molecular weight is 401 g/mol. The molecule has 1 spiro atoms. The molecule has 1 aliphatic carbocycles. The van der Waals surface area contributed by atoms with Gasteiger partial charge in [-0.15, -0.1) is 0 Å². The number of carbonyl (C=O) groups excluding carboxylic acids is 1. The van der Waals surface area contributed by atoms with Crippen LogP contribution in [0.2, 0.25) is 0 Å². The number of nitrogens with zero attached hydrogens (tertiary/aromatic N) is 2. The van der Waals surface area contributed by atoms with Crippen LogP contribution in [-0.2, 0) is 13.0 Å². The molecule has 2 aromatic carbocycles. The quantitative estimate of drug-likeness (QED) is 0.626. The summed E-state index contributed by atoms with van der Waals surface area (Å²) in [5.74, 6) is 0. The van der Waals surface area contributed by atoms with E-state index >= 15 is 0 Å². The van der Waals surface area contributed by atoms with Crippen molar-refractivity contribution in [2.24, 2.45) is 5.41 Å². The van der Waals surface area contributed by atoms with E-state index in [1.54, 1.807) is 0 Å². The number of fused-ring (bicyclic) bond motifs is 2. The SMILES string of the molecule is O=C(Nc1c[nH]c2ccccc12)N1CCc2cc(N3CCC4(CC3)CC4)ccc2C1. The van der Waals surface area contributed by atoms with Crippen molar-refractivity contribution >= 4 is 28.3 Å². The Morgan fingerprint density at radius 2 is 1.80 bits per heavy atom. The summed E-state index contributed by atoms with van der Waals surface area (Å²) in [4.78, 5) is 20.6. The summed E-state index contributed by atoms with van der Waals surface area (Å²) >= 11 is 0. The number of anilines is 2. The van der Waals surface area contributed by atoms with Crippen molar-refractivity contribution < 1.29 is 4.79 Å². The number of urea groups is 1. The summed E-state index contributed by atoms with van der Waals surface area (Å²) in [6.45, 7) is 3.82. The minimum absolute atomic E-state index is 0.0276. The van der Waals surface area contributed by atoms with Crippen LogP contribution in [-0.4, -0.2) is 35.5 Å². The second-order valence-electron chi connectivity index (χ2n) is 9.29. The highest BCUT2D eigenvalue weighted by molar-refractivity contribution is 6.01. The Kier molecular flexibility index (Phi) is 4.05. The molecule has 30 heavy (non-hydrogen) atoms. The smallest absolute Gasteiger partial charge is 0.322 e. The van der Waals surface area contributed by atoms with Crippen molar-refractivity contribution in [3.63, 3.8) is 0 Å². The number of amides is 2. The van der Waals surface area contributed by atoms with E-state index < -0.39 is 0 Å². The van der Waals surface area contributed by atoms with E-state index in [9.17, 15) is 4.79 Å². The Balaban J connectivity index is 1.14. The van der Waals surface area contributed by atoms with Crippen LogP contribution < -0.4 is 10.2 Å². The molecule has 0 unspecified atom stereocenters. The van der Waals surface area contributed by atoms with Crippen LogP contribution in [0.5, 0.6) is 0 Å². The van der Waals surface area contributed by atoms with Crippen LogP contribution in [0.1, 0.15) is 36.8 Å². The standard InChI is InChI=1S/C25H28N4O/c30-24(27-23-16-26-22-4-2-1-3-21(22)23)29-12-7-18-15-20(6-5-19(18)17-29)28-13-10-25(8-9-25)11-14-28/h1-6,15-16,26H,7-14,17H2,(H,27,30). The van der Waals surface area contributed by atoms with Gasteiger partial charge in [-0.3, -0.25) is 0 Å². The highest BCUT2D eigenvalue weighted by atomic mass is 16.2. The molecule has 154 valence electrons. The maximum atomic E-state index is 12.9. The predicted molar refractivity (Wildman–Crippen MR) is 121 cm³/mol. The highest BCUT2D eigenvalue weighted by Crippen LogP contribution is 2.54. The van der Waals surface area contributed by atoms with Gasteiger partial charge in [0.15, 0.2) is 0 Å². The van der Waals surface area contributed by atoms with E-state index in [1.165, 1.54) is 55.6 Å². The van der Waals surface area contributed by atoms with Gasteiger partial charge in [0.1, 0.15) is 0 Å². The van der Waals surface area contributed by atoms with Crippen LogP contribution in [0.4, 0.5) is 16.2 Å². The van der Waals surface area contributed by atoms with Crippen LogP contribution in [0.3, 0.4) is 0 Å². The number of piperidine rings is 1. The number of aromatic nitrogens is 1. The Morgan fingerprint density at radius 1 is 0.967 bits per heavy atom. The van der Waals surface area contributed by atoms with Gasteiger partial charge in [0.05, 0.1) is 5.69 Å². The summed E-state index contributed by atoms with van der Waals surface area (Å²) < 4.78 is 0. The molecule has 3 aliphatic rings. The maximum Gasteiger partial charge on any atom is 0.322 e. The summed E-state index contributed by atoms with van der Waals surface area (Å²) in [7, 11) is 0. The molecule has 6 rings (SSSR count). The summed E-state index contributed by atoms with van der Waals surface area (Å²) in [6.07, 6.45) is 8.39. The summed E-state index contributed by atoms with van der Waals surface area (Å²) in [5.41, 5.74) is 6.62. The Hall–Kier alpha value is -2.95. The fourth-order valence-electron chi connectivity index (χ4n) is 5.19. The van der Waals surface area contributed by atoms with Crippen molar-refractivity contribution in [1.82, 2.24) is 9.88 Å². The van der Waals surface area contributed by atoms with Crippen molar-refractivity contribution in [1.29, 1.82) is 0 Å². The number of carbonyl (C=O) groups is 1. The zero-order valence-corrected chi connectivity index (χ0v) is 17.3. The van der Waals surface area contributed by atoms with Crippen LogP contribution in [0.15, 0.2) is 48.7 Å². The van der Waals surface area contributed by atoms with E-state index in [-0.39, 0.29) is 6.03 Å². The molecule has 1 saturated heterocycles. The van der Waals surface area contributed by atoms with E-state index in [2.05, 4.69) is 33.4 Å². The van der Waals surface area contributed by atoms with Gasteiger partial charge in [-0.1, -0.05) is 24.3 Å². The van der Waals surface area contributed by atoms with Gasteiger partial charge >= 0.3 is 6.03 Å². The maximum absolute atomic E-state index is 12.9. The number of hydrogen-bond donors (Lipinski definition) is 2. The topological polar surface area (TPSA) is 51.4 Å². The van der Waals surface area contributed by atoms with Crippen molar-refractivity contribution in [2.45, 2.75) is 38.6 Å². The Labute approximate surface area is 177 Å². The van der Waals surface area contributed by atoms with Crippen LogP contribution in [0.25, 0.3) is 10.9 Å². The van der Waals surface area contributed by atoms with E-state index in [0.29, 0.717) is 12.0 Å². The monoisotopic (exact) mass is 400 g/mol. The lowest BCUT2D eigenvalue weighted by molar-refractivity contribution is 0.206. The lowest BCUT2D eigenvalue weighted by Gasteiger charge is -2.35. The molecular weight excluding hydrogens is 372 g/mol. The molecule has 3 heterocycles. The van der Waals surface area contributed by atoms with E-state index in [0.717, 1.165) is 29.6 Å². The first kappa shape index (κ1) is 17.9. The molecule has 0 bridgehead atoms. The minimum atomic E-state index is -0.0276. The fraction of sp³-hybridized carbons (Fsp3) is 0.400. The number of rotatable bonds is 2. The normalized spacial score (nSPS) is 19.7. The second-order valence-corrected chi connectivity index (χ2v) is 9.29. The fourth-order valence-corrected chi connectivity index (χ4v) is 5.19. The second kappa shape index (κ2) is 6.79. The number of H-pyrrole nitrogens is 1. The molecule has 1 aromatic heterocycles. The number of nitrogens with one attached hydrogen (secondary N) is 2. The third-order valence-electron chi connectivity index (χ3n) is 7.47. The van der Waals surface area contributed by atoms with Crippen molar-refractivity contribution in [2.75, 3.05) is 29.9 Å². The molecule has 3 aromatic rings. The van der Waals surface area contributed by atoms with E-state index in [4.69, 9.17) is 0 Å². The third kappa shape index (κ3) is 3.13. The molecule has 2 amide bonds. The zero-order chi connectivity index (χ0) is 20.1. The Bertz CT molecular complexity index is 1100. The van der Waals surface area contributed by atoms with Crippen LogP contribution >= 0.6 is 0 Å². The molecule has 2 fully saturated rings. The number of hydrogen-bond acceptors (Lipinski definition) is 2. The lowest BCUT2D eigenvalue weighted by Crippen LogP contribution is -2.39. The zero-order valence-electron chi connectivity index (χ0n) is 17.3. The van der Waals surface area contributed by atoms with Crippen molar-refractivity contribution in [3.8, 4) is 0 Å². The van der Waals surface area contributed by atoms with Gasteiger partial charge in [0.25, 0.3) is 0 Å². The molecule has 0 radical (unpaired) electrons. The van der Waals surface area contributed by atoms with Gasteiger partial charge < -0.3 is 20.1 Å². The van der Waals surface area contributed by atoms with Gasteiger partial charge in [-0.05, 0) is 66.8 Å². The summed E-state index contributed by atoms with van der Waals surface area (Å²) in [6, 6.07) is 14.9. The number of para-hydroxylation sites is 1. The highest BCUT2D eigenvalue weighted by Gasteiger charge is 2.44. The molecular formula is C25H28N4O. The molecule has 1 saturated carbocycles. The van der Waals surface area contributed by atoms with Crippen LogP contribution in [0, 0.1) is 5.41 Å². The van der Waals surface area contributed by atoms with Crippen molar-refractivity contribution in [3.05, 3.63) is 59.8 Å². The minimum Gasteiger partial charge on any atom is -0.371 e. The molecule has 5 heteroatoms.